The number of rotatable bonds is 1. The predicted molar refractivity (Wildman–Crippen MR) is 59.8 cm³/mol. The van der Waals surface area contributed by atoms with Crippen LogP contribution in [0.2, 0.25) is 0 Å². The summed E-state index contributed by atoms with van der Waals surface area (Å²) in [4.78, 5) is 10.8. The topological polar surface area (TPSA) is 81.1 Å². The first kappa shape index (κ1) is 9.97. The maximum absolute atomic E-state index is 10.8. The lowest BCUT2D eigenvalue weighted by Gasteiger charge is -2.00. The first-order valence-electron chi connectivity index (χ1n) is 4.15. The zero-order valence-corrected chi connectivity index (χ0v) is 9.45. The minimum Gasteiger partial charge on any atom is -0.478 e. The average molecular weight is 270 g/mol. The molecular formula is C9H8BrN3O2. The molecule has 0 amide bonds. The molecule has 0 atom stereocenters. The van der Waals surface area contributed by atoms with Crippen molar-refractivity contribution in [1.82, 2.24) is 9.78 Å². The number of aromatic nitrogens is 2. The molecule has 0 unspecified atom stereocenters. The summed E-state index contributed by atoms with van der Waals surface area (Å²) in [6.07, 6.45) is 0. The van der Waals surface area contributed by atoms with Gasteiger partial charge in [-0.1, -0.05) is 0 Å². The number of carboxylic acid groups (broad SMARTS) is 1. The third-order valence-electron chi connectivity index (χ3n) is 2.19. The van der Waals surface area contributed by atoms with E-state index < -0.39 is 5.97 Å². The SMILES string of the molecule is Cn1nc(Br)c2c(N)cc(C(=O)O)cc21. The number of nitrogens with two attached hydrogens (primary N) is 1. The van der Waals surface area contributed by atoms with Gasteiger partial charge in [0.1, 0.15) is 4.60 Å². The maximum atomic E-state index is 10.8. The van der Waals surface area contributed by atoms with Crippen LogP contribution in [0.5, 0.6) is 0 Å². The van der Waals surface area contributed by atoms with Gasteiger partial charge in [0.2, 0.25) is 0 Å². The standard InChI is InChI=1S/C9H8BrN3O2/c1-13-6-3-4(9(14)15)2-5(11)7(6)8(10)12-13/h2-3H,11H2,1H3,(H,14,15). The number of nitrogens with zero attached hydrogens (tertiary/aromatic N) is 2. The van der Waals surface area contributed by atoms with E-state index in [0.29, 0.717) is 15.8 Å². The molecule has 78 valence electrons. The van der Waals surface area contributed by atoms with Gasteiger partial charge in [-0.2, -0.15) is 5.10 Å². The summed E-state index contributed by atoms with van der Waals surface area (Å²) in [6, 6.07) is 2.98. The Morgan fingerprint density at radius 3 is 2.87 bits per heavy atom. The number of benzene rings is 1. The molecule has 15 heavy (non-hydrogen) atoms. The van der Waals surface area contributed by atoms with E-state index in [1.807, 2.05) is 0 Å². The number of fused-ring (bicyclic) bond motifs is 1. The van der Waals surface area contributed by atoms with Crippen molar-refractivity contribution in [1.29, 1.82) is 0 Å². The van der Waals surface area contributed by atoms with Crippen LogP contribution in [0.1, 0.15) is 10.4 Å². The Balaban J connectivity index is 2.87. The Labute approximate surface area is 93.6 Å². The number of carbonyl (C=O) groups is 1. The van der Waals surface area contributed by atoms with Gasteiger partial charge in [-0.15, -0.1) is 0 Å². The molecular weight excluding hydrogens is 262 g/mol. The van der Waals surface area contributed by atoms with Crippen molar-refractivity contribution < 1.29 is 9.90 Å². The Kier molecular flexibility index (Phi) is 2.15. The van der Waals surface area contributed by atoms with E-state index in [9.17, 15) is 4.79 Å². The van der Waals surface area contributed by atoms with E-state index in [-0.39, 0.29) is 5.56 Å². The third kappa shape index (κ3) is 1.46. The number of aromatic carboxylic acids is 1. The Morgan fingerprint density at radius 1 is 1.60 bits per heavy atom. The second-order valence-electron chi connectivity index (χ2n) is 3.18. The summed E-state index contributed by atoms with van der Waals surface area (Å²) in [5.74, 6) is -0.999. The van der Waals surface area contributed by atoms with Crippen molar-refractivity contribution in [3.8, 4) is 0 Å². The Morgan fingerprint density at radius 2 is 2.27 bits per heavy atom. The van der Waals surface area contributed by atoms with Crippen LogP contribution < -0.4 is 5.73 Å². The Bertz CT molecular complexity index is 562. The van der Waals surface area contributed by atoms with Crippen LogP contribution in [0, 0.1) is 0 Å². The third-order valence-corrected chi connectivity index (χ3v) is 2.74. The van der Waals surface area contributed by atoms with E-state index in [1.165, 1.54) is 6.07 Å². The zero-order valence-electron chi connectivity index (χ0n) is 7.86. The molecule has 1 aromatic heterocycles. The van der Waals surface area contributed by atoms with Crippen LogP contribution in [0.25, 0.3) is 10.9 Å². The van der Waals surface area contributed by atoms with Gasteiger partial charge < -0.3 is 10.8 Å². The minimum absolute atomic E-state index is 0.163. The number of carboxylic acids is 1. The van der Waals surface area contributed by atoms with E-state index in [0.717, 1.165) is 5.39 Å². The molecule has 1 heterocycles. The van der Waals surface area contributed by atoms with Gasteiger partial charge in [0.15, 0.2) is 0 Å². The highest BCUT2D eigenvalue weighted by Gasteiger charge is 2.13. The van der Waals surface area contributed by atoms with Gasteiger partial charge in [0.05, 0.1) is 16.5 Å². The highest BCUT2D eigenvalue weighted by molar-refractivity contribution is 9.10. The minimum atomic E-state index is -0.999. The normalized spacial score (nSPS) is 10.8. The Hall–Kier alpha value is -1.56. The molecule has 0 aliphatic heterocycles. The summed E-state index contributed by atoms with van der Waals surface area (Å²) in [5.41, 5.74) is 7.03. The largest absolute Gasteiger partial charge is 0.478 e. The van der Waals surface area contributed by atoms with Crippen molar-refractivity contribution in [3.05, 3.63) is 22.3 Å². The van der Waals surface area contributed by atoms with Crippen molar-refractivity contribution in [2.24, 2.45) is 7.05 Å². The summed E-state index contributed by atoms with van der Waals surface area (Å²) in [7, 11) is 1.73. The molecule has 5 nitrogen and oxygen atoms in total. The van der Waals surface area contributed by atoms with Crippen molar-refractivity contribution in [3.63, 3.8) is 0 Å². The number of anilines is 1. The number of halogens is 1. The second kappa shape index (κ2) is 3.23. The van der Waals surface area contributed by atoms with Crippen LogP contribution in [0.4, 0.5) is 5.69 Å². The summed E-state index contributed by atoms with van der Waals surface area (Å²) >= 11 is 3.27. The molecule has 2 rings (SSSR count). The molecule has 0 bridgehead atoms. The van der Waals surface area contributed by atoms with Crippen LogP contribution >= 0.6 is 15.9 Å². The molecule has 0 aliphatic rings. The quantitative estimate of drug-likeness (QED) is 0.771. The van der Waals surface area contributed by atoms with Gasteiger partial charge >= 0.3 is 5.97 Å². The van der Waals surface area contributed by atoms with Gasteiger partial charge in [-0.25, -0.2) is 4.79 Å². The van der Waals surface area contributed by atoms with Gasteiger partial charge in [-0.3, -0.25) is 4.68 Å². The molecule has 0 fully saturated rings. The molecule has 3 N–H and O–H groups in total. The fraction of sp³-hybridized carbons (Fsp3) is 0.111. The summed E-state index contributed by atoms with van der Waals surface area (Å²) in [5, 5.41) is 13.7. The molecule has 0 radical (unpaired) electrons. The fourth-order valence-electron chi connectivity index (χ4n) is 1.49. The smallest absolute Gasteiger partial charge is 0.335 e. The van der Waals surface area contributed by atoms with Gasteiger partial charge in [0.25, 0.3) is 0 Å². The van der Waals surface area contributed by atoms with Crippen LogP contribution in [0.3, 0.4) is 0 Å². The molecule has 0 saturated carbocycles. The lowest BCUT2D eigenvalue weighted by atomic mass is 10.1. The number of hydrogen-bond acceptors (Lipinski definition) is 3. The van der Waals surface area contributed by atoms with Crippen LogP contribution in [-0.4, -0.2) is 20.9 Å². The second-order valence-corrected chi connectivity index (χ2v) is 3.93. The molecule has 6 heteroatoms. The molecule has 1 aromatic carbocycles. The van der Waals surface area contributed by atoms with Crippen molar-refractivity contribution >= 4 is 38.5 Å². The molecule has 0 saturated heterocycles. The maximum Gasteiger partial charge on any atom is 0.335 e. The first-order chi connectivity index (χ1) is 7.00. The summed E-state index contributed by atoms with van der Waals surface area (Å²) in [6.45, 7) is 0. The lowest BCUT2D eigenvalue weighted by molar-refractivity contribution is 0.0697. The van der Waals surface area contributed by atoms with Crippen LogP contribution in [0.15, 0.2) is 16.7 Å². The predicted octanol–water partition coefficient (Wildman–Crippen LogP) is 1.62. The van der Waals surface area contributed by atoms with E-state index in [2.05, 4.69) is 21.0 Å². The zero-order chi connectivity index (χ0) is 11.2. The van der Waals surface area contributed by atoms with Crippen molar-refractivity contribution in [2.45, 2.75) is 0 Å². The molecule has 0 aliphatic carbocycles. The first-order valence-corrected chi connectivity index (χ1v) is 4.95. The monoisotopic (exact) mass is 269 g/mol. The highest BCUT2D eigenvalue weighted by Crippen LogP contribution is 2.29. The van der Waals surface area contributed by atoms with E-state index in [4.69, 9.17) is 10.8 Å². The summed E-state index contributed by atoms with van der Waals surface area (Å²) < 4.78 is 2.21. The van der Waals surface area contributed by atoms with Gasteiger partial charge in [0, 0.05) is 12.7 Å². The van der Waals surface area contributed by atoms with E-state index >= 15 is 0 Å². The number of aryl methyl sites for hydroxylation is 1. The highest BCUT2D eigenvalue weighted by atomic mass is 79.9. The van der Waals surface area contributed by atoms with Gasteiger partial charge in [-0.05, 0) is 28.1 Å². The molecule has 0 spiro atoms. The average Bonchev–Trinajstić information content (AvgIpc) is 2.42. The molecule has 2 aromatic rings. The number of hydrogen-bond donors (Lipinski definition) is 2. The fourth-order valence-corrected chi connectivity index (χ4v) is 2.16. The lowest BCUT2D eigenvalue weighted by Crippen LogP contribution is -1.99. The van der Waals surface area contributed by atoms with Crippen LogP contribution in [-0.2, 0) is 7.05 Å². The van der Waals surface area contributed by atoms with Crippen molar-refractivity contribution in [2.75, 3.05) is 5.73 Å². The van der Waals surface area contributed by atoms with E-state index in [1.54, 1.807) is 17.8 Å². The number of nitrogen functional groups attached to an aromatic ring is 1.